The number of hydrogen-bond donors (Lipinski definition) is 0. The third-order valence-electron chi connectivity index (χ3n) is 5.64. The van der Waals surface area contributed by atoms with Crippen molar-refractivity contribution in [3.63, 3.8) is 0 Å². The van der Waals surface area contributed by atoms with Crippen LogP contribution in [0, 0.1) is 0 Å². The summed E-state index contributed by atoms with van der Waals surface area (Å²) in [6.45, 7) is 19.1. The summed E-state index contributed by atoms with van der Waals surface area (Å²) < 4.78 is 12.0. The van der Waals surface area contributed by atoms with Gasteiger partial charge in [-0.25, -0.2) is 4.98 Å². The summed E-state index contributed by atoms with van der Waals surface area (Å²) in [6, 6.07) is 4.39. The summed E-state index contributed by atoms with van der Waals surface area (Å²) in [4.78, 5) is 9.60. The molecule has 0 bridgehead atoms. The molecule has 1 aromatic rings. The molecule has 0 atom stereocenters. The average Bonchev–Trinajstić information content (AvgIpc) is 2.58. The van der Waals surface area contributed by atoms with Crippen molar-refractivity contribution in [3.05, 3.63) is 23.9 Å². The second kappa shape index (κ2) is 8.68. The highest BCUT2D eigenvalue weighted by molar-refractivity contribution is 5.41. The summed E-state index contributed by atoms with van der Waals surface area (Å²) >= 11 is 0. The van der Waals surface area contributed by atoms with Gasteiger partial charge in [0.1, 0.15) is 5.82 Å². The van der Waals surface area contributed by atoms with Crippen molar-refractivity contribution in [2.24, 2.45) is 0 Å². The molecule has 1 aromatic heterocycles. The van der Waals surface area contributed by atoms with E-state index in [0.29, 0.717) is 12.2 Å². The number of ether oxygens (including phenoxy) is 2. The SMILES string of the molecule is CC(C)(C)OC1CC(OCCN2CCN(c3ccc(C(C)(C)C)cn3)CC2)C1. The van der Waals surface area contributed by atoms with Crippen molar-refractivity contribution >= 4 is 5.82 Å². The van der Waals surface area contributed by atoms with E-state index in [-0.39, 0.29) is 11.0 Å². The highest BCUT2D eigenvalue weighted by Gasteiger charge is 2.33. The van der Waals surface area contributed by atoms with Gasteiger partial charge in [-0.1, -0.05) is 26.8 Å². The average molecular weight is 390 g/mol. The predicted octanol–water partition coefficient (Wildman–Crippen LogP) is 3.86. The summed E-state index contributed by atoms with van der Waals surface area (Å²) in [7, 11) is 0. The van der Waals surface area contributed by atoms with Gasteiger partial charge in [0, 0.05) is 38.9 Å². The molecule has 1 aliphatic carbocycles. The van der Waals surface area contributed by atoms with E-state index in [2.05, 4.69) is 63.5 Å². The Morgan fingerprint density at radius 2 is 1.64 bits per heavy atom. The Morgan fingerprint density at radius 3 is 2.18 bits per heavy atom. The summed E-state index contributed by atoms with van der Waals surface area (Å²) in [5.74, 6) is 1.10. The van der Waals surface area contributed by atoms with Gasteiger partial charge in [0.2, 0.25) is 0 Å². The Labute approximate surface area is 171 Å². The van der Waals surface area contributed by atoms with Crippen molar-refractivity contribution in [2.75, 3.05) is 44.2 Å². The molecule has 0 aromatic carbocycles. The standard InChI is InChI=1S/C23H39N3O2/c1-22(2,3)18-7-8-21(24-17-18)26-11-9-25(10-12-26)13-14-27-19-15-20(16-19)28-23(4,5)6/h7-8,17,19-20H,9-16H2,1-6H3. The minimum absolute atomic E-state index is 0.0444. The Balaban J connectivity index is 1.32. The van der Waals surface area contributed by atoms with Crippen LogP contribution in [0.15, 0.2) is 18.3 Å². The van der Waals surface area contributed by atoms with Crippen molar-refractivity contribution < 1.29 is 9.47 Å². The number of hydrogen-bond acceptors (Lipinski definition) is 5. The van der Waals surface area contributed by atoms with Crippen LogP contribution in [0.25, 0.3) is 0 Å². The highest BCUT2D eigenvalue weighted by atomic mass is 16.5. The van der Waals surface area contributed by atoms with Crippen LogP contribution < -0.4 is 4.90 Å². The zero-order valence-electron chi connectivity index (χ0n) is 18.7. The maximum Gasteiger partial charge on any atom is 0.128 e. The van der Waals surface area contributed by atoms with E-state index in [4.69, 9.17) is 14.5 Å². The lowest BCUT2D eigenvalue weighted by Crippen LogP contribution is -2.48. The maximum absolute atomic E-state index is 6.03. The Morgan fingerprint density at radius 1 is 0.964 bits per heavy atom. The van der Waals surface area contributed by atoms with Gasteiger partial charge >= 0.3 is 0 Å². The van der Waals surface area contributed by atoms with E-state index in [1.807, 2.05) is 6.20 Å². The molecule has 5 heteroatoms. The zero-order chi connectivity index (χ0) is 20.4. The van der Waals surface area contributed by atoms with Crippen molar-refractivity contribution in [1.82, 2.24) is 9.88 Å². The van der Waals surface area contributed by atoms with E-state index in [9.17, 15) is 0 Å². The normalized spacial score (nSPS) is 24.3. The summed E-state index contributed by atoms with van der Waals surface area (Å²) in [6.07, 6.45) is 4.89. The molecule has 3 rings (SSSR count). The van der Waals surface area contributed by atoms with Crippen LogP contribution in [-0.4, -0.2) is 67.0 Å². The van der Waals surface area contributed by atoms with Crippen molar-refractivity contribution in [1.29, 1.82) is 0 Å². The van der Waals surface area contributed by atoms with Crippen LogP contribution in [-0.2, 0) is 14.9 Å². The van der Waals surface area contributed by atoms with Crippen molar-refractivity contribution in [2.45, 2.75) is 77.6 Å². The molecule has 5 nitrogen and oxygen atoms in total. The smallest absolute Gasteiger partial charge is 0.128 e. The molecule has 1 aliphatic heterocycles. The molecule has 0 N–H and O–H groups in total. The zero-order valence-corrected chi connectivity index (χ0v) is 18.7. The number of nitrogens with zero attached hydrogens (tertiary/aromatic N) is 3. The molecular formula is C23H39N3O2. The van der Waals surface area contributed by atoms with Gasteiger partial charge in [-0.15, -0.1) is 0 Å². The molecule has 0 amide bonds. The highest BCUT2D eigenvalue weighted by Crippen LogP contribution is 2.30. The van der Waals surface area contributed by atoms with Crippen LogP contribution >= 0.6 is 0 Å². The monoisotopic (exact) mass is 389 g/mol. The van der Waals surface area contributed by atoms with E-state index in [1.165, 1.54) is 5.56 Å². The first kappa shape index (κ1) is 21.5. The van der Waals surface area contributed by atoms with Gasteiger partial charge < -0.3 is 14.4 Å². The van der Waals surface area contributed by atoms with Crippen molar-refractivity contribution in [3.8, 4) is 0 Å². The van der Waals surface area contributed by atoms with Gasteiger partial charge in [0.05, 0.1) is 24.4 Å². The Kier molecular flexibility index (Phi) is 6.68. The van der Waals surface area contributed by atoms with Crippen LogP contribution in [0.2, 0.25) is 0 Å². The maximum atomic E-state index is 6.03. The first-order valence-corrected chi connectivity index (χ1v) is 10.8. The van der Waals surface area contributed by atoms with Gasteiger partial charge in [-0.3, -0.25) is 4.90 Å². The molecule has 2 aliphatic rings. The largest absolute Gasteiger partial charge is 0.377 e. The molecule has 0 spiro atoms. The van der Waals surface area contributed by atoms with E-state index >= 15 is 0 Å². The minimum atomic E-state index is -0.0444. The number of pyridine rings is 1. The third-order valence-corrected chi connectivity index (χ3v) is 5.64. The molecular weight excluding hydrogens is 350 g/mol. The van der Waals surface area contributed by atoms with Crippen LogP contribution in [0.5, 0.6) is 0 Å². The van der Waals surface area contributed by atoms with E-state index < -0.39 is 0 Å². The topological polar surface area (TPSA) is 37.8 Å². The Hall–Kier alpha value is -1.17. The number of anilines is 1. The number of piperazine rings is 1. The number of rotatable bonds is 6. The fraction of sp³-hybridized carbons (Fsp3) is 0.783. The second-order valence-corrected chi connectivity index (χ2v) is 10.3. The minimum Gasteiger partial charge on any atom is -0.377 e. The summed E-state index contributed by atoms with van der Waals surface area (Å²) in [5.41, 5.74) is 1.40. The molecule has 28 heavy (non-hydrogen) atoms. The van der Waals surface area contributed by atoms with Gasteiger partial charge in [-0.05, 0) is 50.7 Å². The molecule has 0 unspecified atom stereocenters. The van der Waals surface area contributed by atoms with Gasteiger partial charge in [0.25, 0.3) is 0 Å². The van der Waals surface area contributed by atoms with Gasteiger partial charge in [0.15, 0.2) is 0 Å². The molecule has 2 fully saturated rings. The lowest BCUT2D eigenvalue weighted by Gasteiger charge is -2.39. The van der Waals surface area contributed by atoms with E-state index in [1.54, 1.807) is 0 Å². The lowest BCUT2D eigenvalue weighted by atomic mass is 9.88. The molecule has 1 saturated carbocycles. The third kappa shape index (κ3) is 6.16. The molecule has 158 valence electrons. The van der Waals surface area contributed by atoms with E-state index in [0.717, 1.165) is 58.0 Å². The quantitative estimate of drug-likeness (QED) is 0.738. The molecule has 2 heterocycles. The van der Waals surface area contributed by atoms with Crippen LogP contribution in [0.3, 0.4) is 0 Å². The molecule has 1 saturated heterocycles. The fourth-order valence-electron chi connectivity index (χ4n) is 3.82. The predicted molar refractivity (Wildman–Crippen MR) is 115 cm³/mol. The second-order valence-electron chi connectivity index (χ2n) is 10.3. The first-order chi connectivity index (χ1) is 13.1. The van der Waals surface area contributed by atoms with Crippen LogP contribution in [0.1, 0.15) is 59.9 Å². The molecule has 0 radical (unpaired) electrons. The first-order valence-electron chi connectivity index (χ1n) is 10.8. The van der Waals surface area contributed by atoms with Crippen LogP contribution in [0.4, 0.5) is 5.82 Å². The lowest BCUT2D eigenvalue weighted by molar-refractivity contribution is -0.149. The Bertz CT molecular complexity index is 604. The fourth-order valence-corrected chi connectivity index (χ4v) is 3.82. The number of aromatic nitrogens is 1. The van der Waals surface area contributed by atoms with Gasteiger partial charge in [-0.2, -0.15) is 0 Å². The summed E-state index contributed by atoms with van der Waals surface area (Å²) in [5, 5.41) is 0.